The van der Waals surface area contributed by atoms with Gasteiger partial charge >= 0.3 is 5.97 Å². The molecule has 6 nitrogen and oxygen atoms in total. The van der Waals surface area contributed by atoms with Crippen LogP contribution in [0.2, 0.25) is 0 Å². The molecule has 0 unspecified atom stereocenters. The van der Waals surface area contributed by atoms with Crippen molar-refractivity contribution in [3.63, 3.8) is 0 Å². The molecule has 0 saturated heterocycles. The van der Waals surface area contributed by atoms with Crippen molar-refractivity contribution >= 4 is 15.8 Å². The summed E-state index contributed by atoms with van der Waals surface area (Å²) in [5.41, 5.74) is -0.109. The second kappa shape index (κ2) is 4.25. The maximum Gasteiger partial charge on any atom is 0.354 e. The lowest BCUT2D eigenvalue weighted by molar-refractivity contribution is 0.0682. The highest BCUT2D eigenvalue weighted by Gasteiger charge is 2.25. The summed E-state index contributed by atoms with van der Waals surface area (Å²) in [6, 6.07) is -0.273. The van der Waals surface area contributed by atoms with E-state index in [0.29, 0.717) is 0 Å². The van der Waals surface area contributed by atoms with E-state index in [1.165, 1.54) is 11.5 Å². The fraction of sp³-hybridized carbons (Fsp3) is 0.556. The van der Waals surface area contributed by atoms with Gasteiger partial charge in [-0.15, -0.1) is 0 Å². The standard InChI is InChI=1S/C9H14N2O4S/c1-4-16(14,15)9-10-5-7(8(12)13)11(9)6(2)3/h5-6H,4H2,1-3H3,(H,12,13). The zero-order valence-electron chi connectivity index (χ0n) is 9.34. The van der Waals surface area contributed by atoms with Crippen LogP contribution in [-0.4, -0.2) is 34.8 Å². The lowest BCUT2D eigenvalue weighted by Crippen LogP contribution is -2.18. The van der Waals surface area contributed by atoms with E-state index in [1.807, 2.05) is 0 Å². The largest absolute Gasteiger partial charge is 0.477 e. The van der Waals surface area contributed by atoms with Crippen LogP contribution < -0.4 is 0 Å². The molecule has 0 atom stereocenters. The summed E-state index contributed by atoms with van der Waals surface area (Å²) >= 11 is 0. The normalized spacial score (nSPS) is 12.0. The topological polar surface area (TPSA) is 89.3 Å². The predicted octanol–water partition coefficient (Wildman–Crippen LogP) is 0.956. The van der Waals surface area contributed by atoms with E-state index in [-0.39, 0.29) is 22.6 Å². The first-order valence-corrected chi connectivity index (χ1v) is 6.49. The maximum atomic E-state index is 11.7. The van der Waals surface area contributed by atoms with E-state index in [9.17, 15) is 13.2 Å². The smallest absolute Gasteiger partial charge is 0.354 e. The Morgan fingerprint density at radius 3 is 2.50 bits per heavy atom. The number of sulfone groups is 1. The van der Waals surface area contributed by atoms with Gasteiger partial charge in [0.1, 0.15) is 5.69 Å². The predicted molar refractivity (Wildman–Crippen MR) is 57.3 cm³/mol. The third-order valence-electron chi connectivity index (χ3n) is 2.16. The molecule has 1 aromatic rings. The van der Waals surface area contributed by atoms with E-state index in [4.69, 9.17) is 5.11 Å². The Morgan fingerprint density at radius 2 is 2.12 bits per heavy atom. The number of imidazole rings is 1. The Bertz CT molecular complexity index is 502. The highest BCUT2D eigenvalue weighted by molar-refractivity contribution is 7.91. The zero-order chi connectivity index (χ0) is 12.5. The summed E-state index contributed by atoms with van der Waals surface area (Å²) in [5.74, 6) is -1.28. The number of hydrogen-bond acceptors (Lipinski definition) is 4. The highest BCUT2D eigenvalue weighted by atomic mass is 32.2. The number of carbonyl (C=O) groups is 1. The number of aromatic nitrogens is 2. The molecule has 1 rings (SSSR count). The molecular weight excluding hydrogens is 232 g/mol. The van der Waals surface area contributed by atoms with Crippen LogP contribution in [0, 0.1) is 0 Å². The van der Waals surface area contributed by atoms with Gasteiger partial charge in [0.05, 0.1) is 11.9 Å². The molecular formula is C9H14N2O4S. The first-order chi connectivity index (χ1) is 7.31. The van der Waals surface area contributed by atoms with Crippen molar-refractivity contribution in [3.05, 3.63) is 11.9 Å². The number of aromatic carboxylic acids is 1. The van der Waals surface area contributed by atoms with Crippen molar-refractivity contribution in [3.8, 4) is 0 Å². The third-order valence-corrected chi connectivity index (χ3v) is 3.78. The lowest BCUT2D eigenvalue weighted by Gasteiger charge is -2.13. The van der Waals surface area contributed by atoms with Gasteiger partial charge in [-0.25, -0.2) is 18.2 Å². The molecule has 7 heteroatoms. The minimum atomic E-state index is -3.50. The number of carboxylic acids is 1. The van der Waals surface area contributed by atoms with E-state index >= 15 is 0 Å². The number of rotatable bonds is 4. The van der Waals surface area contributed by atoms with Crippen molar-refractivity contribution in [2.24, 2.45) is 0 Å². The van der Waals surface area contributed by atoms with Crippen LogP contribution in [0.15, 0.2) is 11.4 Å². The molecule has 16 heavy (non-hydrogen) atoms. The van der Waals surface area contributed by atoms with Crippen molar-refractivity contribution < 1.29 is 18.3 Å². The Hall–Kier alpha value is -1.37. The molecule has 0 amide bonds. The van der Waals surface area contributed by atoms with Crippen LogP contribution in [0.4, 0.5) is 0 Å². The molecule has 0 saturated carbocycles. The minimum Gasteiger partial charge on any atom is -0.477 e. The van der Waals surface area contributed by atoms with Gasteiger partial charge in [0, 0.05) is 6.04 Å². The van der Waals surface area contributed by atoms with E-state index in [2.05, 4.69) is 4.98 Å². The van der Waals surface area contributed by atoms with Gasteiger partial charge in [0.2, 0.25) is 15.0 Å². The average molecular weight is 246 g/mol. The summed E-state index contributed by atoms with van der Waals surface area (Å²) in [6.07, 6.45) is 1.07. The van der Waals surface area contributed by atoms with Crippen LogP contribution in [0.1, 0.15) is 37.3 Å². The van der Waals surface area contributed by atoms with Crippen molar-refractivity contribution in [2.75, 3.05) is 5.75 Å². The monoisotopic (exact) mass is 246 g/mol. The molecule has 0 aliphatic rings. The van der Waals surface area contributed by atoms with Gasteiger partial charge in [-0.1, -0.05) is 6.92 Å². The Kier molecular flexibility index (Phi) is 3.37. The molecule has 0 aliphatic heterocycles. The summed E-state index contributed by atoms with van der Waals surface area (Å²) in [6.45, 7) is 4.92. The van der Waals surface area contributed by atoms with Gasteiger partial charge in [-0.3, -0.25) is 0 Å². The zero-order valence-corrected chi connectivity index (χ0v) is 10.2. The van der Waals surface area contributed by atoms with Gasteiger partial charge in [0.25, 0.3) is 0 Å². The molecule has 0 radical (unpaired) electrons. The summed E-state index contributed by atoms with van der Waals surface area (Å²) in [7, 11) is -3.50. The molecule has 0 bridgehead atoms. The Balaban J connectivity index is 3.49. The van der Waals surface area contributed by atoms with Crippen molar-refractivity contribution in [2.45, 2.75) is 32.0 Å². The number of hydrogen-bond donors (Lipinski definition) is 1. The molecule has 0 aromatic carbocycles. The summed E-state index contributed by atoms with van der Waals surface area (Å²) in [4.78, 5) is 14.6. The first kappa shape index (κ1) is 12.7. The van der Waals surface area contributed by atoms with Crippen LogP contribution >= 0.6 is 0 Å². The van der Waals surface area contributed by atoms with Crippen LogP contribution in [0.5, 0.6) is 0 Å². The molecule has 1 aromatic heterocycles. The van der Waals surface area contributed by atoms with Crippen molar-refractivity contribution in [1.29, 1.82) is 0 Å². The summed E-state index contributed by atoms with van der Waals surface area (Å²) in [5, 5.41) is 8.73. The number of carboxylic acid groups (broad SMARTS) is 1. The number of nitrogens with zero attached hydrogens (tertiary/aromatic N) is 2. The third kappa shape index (κ3) is 2.08. The van der Waals surface area contributed by atoms with Gasteiger partial charge < -0.3 is 9.67 Å². The van der Waals surface area contributed by atoms with Gasteiger partial charge in [-0.2, -0.15) is 0 Å². The fourth-order valence-corrected chi connectivity index (χ4v) is 2.44. The Labute approximate surface area is 93.8 Å². The summed E-state index contributed by atoms with van der Waals surface area (Å²) < 4.78 is 24.6. The van der Waals surface area contributed by atoms with Gasteiger partial charge in [0.15, 0.2) is 0 Å². The SMILES string of the molecule is CCS(=O)(=O)c1ncc(C(=O)O)n1C(C)C. The van der Waals surface area contributed by atoms with Gasteiger partial charge in [-0.05, 0) is 13.8 Å². The van der Waals surface area contributed by atoms with Crippen molar-refractivity contribution in [1.82, 2.24) is 9.55 Å². The molecule has 1 heterocycles. The van der Waals surface area contributed by atoms with E-state index < -0.39 is 15.8 Å². The molecule has 90 valence electrons. The maximum absolute atomic E-state index is 11.7. The van der Waals surface area contributed by atoms with Crippen LogP contribution in [0.25, 0.3) is 0 Å². The highest BCUT2D eigenvalue weighted by Crippen LogP contribution is 2.18. The first-order valence-electron chi connectivity index (χ1n) is 4.84. The second-order valence-electron chi connectivity index (χ2n) is 3.60. The quantitative estimate of drug-likeness (QED) is 0.854. The molecule has 0 aliphatic carbocycles. The van der Waals surface area contributed by atoms with Crippen LogP contribution in [-0.2, 0) is 9.84 Å². The molecule has 0 spiro atoms. The van der Waals surface area contributed by atoms with Crippen LogP contribution in [0.3, 0.4) is 0 Å². The Morgan fingerprint density at radius 1 is 1.56 bits per heavy atom. The molecule has 1 N–H and O–H groups in total. The minimum absolute atomic E-state index is 0.101. The van der Waals surface area contributed by atoms with E-state index in [1.54, 1.807) is 13.8 Å². The fourth-order valence-electron chi connectivity index (χ4n) is 1.36. The lowest BCUT2D eigenvalue weighted by atomic mass is 10.3. The van der Waals surface area contributed by atoms with E-state index in [0.717, 1.165) is 6.20 Å². The molecule has 0 fully saturated rings. The second-order valence-corrected chi connectivity index (χ2v) is 5.77. The average Bonchev–Trinajstić information content (AvgIpc) is 2.62.